The van der Waals surface area contributed by atoms with Gasteiger partial charge in [0.15, 0.2) is 0 Å². The third-order valence-electron chi connectivity index (χ3n) is 2.83. The number of hydrogen-bond donors (Lipinski definition) is 2. The molecule has 5 nitrogen and oxygen atoms in total. The predicted octanol–water partition coefficient (Wildman–Crippen LogP) is 2.66. The van der Waals surface area contributed by atoms with Crippen LogP contribution in [0.3, 0.4) is 0 Å². The molecule has 7 heteroatoms. The molecule has 0 amide bonds. The minimum atomic E-state index is -3.73. The van der Waals surface area contributed by atoms with Crippen LogP contribution in [0.25, 0.3) is 0 Å². The number of primary sulfonamides is 1. The average Bonchev–Trinajstić information content (AvgIpc) is 2.46. The lowest BCUT2D eigenvalue weighted by atomic mass is 10.1. The van der Waals surface area contributed by atoms with E-state index in [1.165, 1.54) is 12.1 Å². The molecule has 3 N–H and O–H groups in total. The van der Waals surface area contributed by atoms with Gasteiger partial charge in [0.2, 0.25) is 10.0 Å². The molecule has 0 aliphatic carbocycles. The number of benzene rings is 2. The normalized spacial score (nSPS) is 12.4. The lowest BCUT2D eigenvalue weighted by molar-refractivity contribution is 0.598. The highest BCUT2D eigenvalue weighted by atomic mass is 35.5. The van der Waals surface area contributed by atoms with Gasteiger partial charge < -0.3 is 5.32 Å². The van der Waals surface area contributed by atoms with E-state index in [0.717, 1.165) is 5.69 Å². The Kier molecular flexibility index (Phi) is 4.48. The van der Waals surface area contributed by atoms with Crippen molar-refractivity contribution >= 4 is 27.3 Å². The van der Waals surface area contributed by atoms with Crippen molar-refractivity contribution in [2.75, 3.05) is 5.32 Å². The highest BCUT2D eigenvalue weighted by Gasteiger charge is 2.12. The van der Waals surface area contributed by atoms with Gasteiger partial charge in [0.25, 0.3) is 0 Å². The van der Waals surface area contributed by atoms with E-state index in [-0.39, 0.29) is 4.90 Å². The van der Waals surface area contributed by atoms with Gasteiger partial charge in [0.05, 0.1) is 11.0 Å². The van der Waals surface area contributed by atoms with Crippen LogP contribution in [0.2, 0.25) is 5.02 Å². The van der Waals surface area contributed by atoms with Crippen molar-refractivity contribution in [2.24, 2.45) is 5.14 Å². The first-order chi connectivity index (χ1) is 9.90. The lowest BCUT2D eigenvalue weighted by Crippen LogP contribution is -2.13. The summed E-state index contributed by atoms with van der Waals surface area (Å²) in [6.07, 6.45) is 0. The molecule has 2 aromatic rings. The summed E-state index contributed by atoms with van der Waals surface area (Å²) in [6.45, 7) is 0. The van der Waals surface area contributed by atoms with Crippen molar-refractivity contribution in [1.29, 1.82) is 5.26 Å². The smallest absolute Gasteiger partial charge is 0.238 e. The summed E-state index contributed by atoms with van der Waals surface area (Å²) in [5.74, 6) is 0. The minimum absolute atomic E-state index is 0.00873. The summed E-state index contributed by atoms with van der Waals surface area (Å²) in [5.41, 5.74) is 1.38. The Bertz CT molecular complexity index is 765. The van der Waals surface area contributed by atoms with E-state index in [1.54, 1.807) is 36.4 Å². The van der Waals surface area contributed by atoms with Crippen LogP contribution in [0.5, 0.6) is 0 Å². The van der Waals surface area contributed by atoms with Crippen molar-refractivity contribution in [2.45, 2.75) is 10.9 Å². The maximum Gasteiger partial charge on any atom is 0.238 e. The van der Waals surface area contributed by atoms with Crippen LogP contribution in [-0.4, -0.2) is 8.42 Å². The van der Waals surface area contributed by atoms with Crippen LogP contribution in [0.15, 0.2) is 53.4 Å². The van der Waals surface area contributed by atoms with Crippen LogP contribution >= 0.6 is 11.6 Å². The first kappa shape index (κ1) is 15.3. The van der Waals surface area contributed by atoms with Crippen LogP contribution in [0.4, 0.5) is 5.69 Å². The standard InChI is InChI=1S/C14H12ClN3O2S/c15-11-3-5-12(6-4-11)18-14(9-16)10-1-7-13(8-2-10)21(17,19)20/h1-8,14,18H,(H2,17,19,20). The van der Waals surface area contributed by atoms with Crippen molar-refractivity contribution in [3.63, 3.8) is 0 Å². The number of nitriles is 1. The summed E-state index contributed by atoms with van der Waals surface area (Å²) in [7, 11) is -3.73. The van der Waals surface area contributed by atoms with Crippen molar-refractivity contribution in [1.82, 2.24) is 0 Å². The van der Waals surface area contributed by atoms with Crippen molar-refractivity contribution in [3.05, 3.63) is 59.1 Å². The first-order valence-electron chi connectivity index (χ1n) is 5.94. The van der Waals surface area contributed by atoms with Crippen molar-refractivity contribution in [3.8, 4) is 6.07 Å². The molecule has 2 rings (SSSR count). The molecular formula is C14H12ClN3O2S. The average molecular weight is 322 g/mol. The van der Waals surface area contributed by atoms with Crippen LogP contribution < -0.4 is 10.5 Å². The molecule has 0 saturated carbocycles. The molecule has 21 heavy (non-hydrogen) atoms. The van der Waals surface area contributed by atoms with Gasteiger partial charge in [-0.1, -0.05) is 23.7 Å². The number of rotatable bonds is 4. The van der Waals surface area contributed by atoms with E-state index < -0.39 is 16.1 Å². The molecular weight excluding hydrogens is 310 g/mol. The second-order valence-electron chi connectivity index (χ2n) is 4.33. The molecule has 0 aliphatic rings. The zero-order chi connectivity index (χ0) is 15.5. The number of nitrogens with two attached hydrogens (primary N) is 1. The second-order valence-corrected chi connectivity index (χ2v) is 6.33. The van der Waals surface area contributed by atoms with Gasteiger partial charge in [0, 0.05) is 10.7 Å². The maximum absolute atomic E-state index is 11.2. The predicted molar refractivity (Wildman–Crippen MR) is 81.2 cm³/mol. The highest BCUT2D eigenvalue weighted by molar-refractivity contribution is 7.89. The number of nitrogens with zero attached hydrogens (tertiary/aromatic N) is 1. The maximum atomic E-state index is 11.2. The Labute approximate surface area is 128 Å². The molecule has 0 bridgehead atoms. The monoisotopic (exact) mass is 321 g/mol. The third kappa shape index (κ3) is 3.95. The topological polar surface area (TPSA) is 96.0 Å². The molecule has 0 spiro atoms. The zero-order valence-corrected chi connectivity index (χ0v) is 12.4. The van der Waals surface area contributed by atoms with E-state index in [4.69, 9.17) is 16.7 Å². The Hall–Kier alpha value is -2.07. The lowest BCUT2D eigenvalue weighted by Gasteiger charge is -2.13. The molecule has 108 valence electrons. The van der Waals surface area contributed by atoms with Crippen molar-refractivity contribution < 1.29 is 8.42 Å². The number of sulfonamides is 1. The third-order valence-corrected chi connectivity index (χ3v) is 4.01. The quantitative estimate of drug-likeness (QED) is 0.904. The van der Waals surface area contributed by atoms with Gasteiger partial charge in [-0.05, 0) is 42.0 Å². The van der Waals surface area contributed by atoms with Gasteiger partial charge >= 0.3 is 0 Å². The summed E-state index contributed by atoms with van der Waals surface area (Å²) in [6, 6.07) is 14.3. The molecule has 0 aliphatic heterocycles. The van der Waals surface area contributed by atoms with E-state index in [0.29, 0.717) is 10.6 Å². The Morgan fingerprint density at radius 1 is 1.10 bits per heavy atom. The summed E-state index contributed by atoms with van der Waals surface area (Å²) in [5, 5.41) is 17.9. The number of anilines is 1. The largest absolute Gasteiger partial charge is 0.366 e. The van der Waals surface area contributed by atoms with Gasteiger partial charge in [-0.25, -0.2) is 13.6 Å². The molecule has 0 heterocycles. The highest BCUT2D eigenvalue weighted by Crippen LogP contribution is 2.21. The Morgan fingerprint density at radius 2 is 1.67 bits per heavy atom. The minimum Gasteiger partial charge on any atom is -0.366 e. The zero-order valence-electron chi connectivity index (χ0n) is 10.8. The fourth-order valence-electron chi connectivity index (χ4n) is 1.75. The SMILES string of the molecule is N#CC(Nc1ccc(Cl)cc1)c1ccc(S(N)(=O)=O)cc1. The second kappa shape index (κ2) is 6.14. The van der Waals surface area contributed by atoms with Gasteiger partial charge in [-0.15, -0.1) is 0 Å². The molecule has 2 aromatic carbocycles. The van der Waals surface area contributed by atoms with Crippen LogP contribution in [0, 0.1) is 11.3 Å². The molecule has 0 saturated heterocycles. The molecule has 0 fully saturated rings. The number of hydrogen-bond acceptors (Lipinski definition) is 4. The van der Waals surface area contributed by atoms with Gasteiger partial charge in [-0.2, -0.15) is 5.26 Å². The fourth-order valence-corrected chi connectivity index (χ4v) is 2.39. The summed E-state index contributed by atoms with van der Waals surface area (Å²) in [4.78, 5) is 0.00873. The number of halogens is 1. The molecule has 0 radical (unpaired) electrons. The summed E-state index contributed by atoms with van der Waals surface area (Å²) >= 11 is 5.80. The van der Waals surface area contributed by atoms with E-state index in [2.05, 4.69) is 11.4 Å². The van der Waals surface area contributed by atoms with E-state index in [9.17, 15) is 13.7 Å². The van der Waals surface area contributed by atoms with Crippen LogP contribution in [0.1, 0.15) is 11.6 Å². The summed E-state index contributed by atoms with van der Waals surface area (Å²) < 4.78 is 22.4. The first-order valence-corrected chi connectivity index (χ1v) is 7.87. The van der Waals surface area contributed by atoms with Crippen LogP contribution in [-0.2, 0) is 10.0 Å². The molecule has 1 unspecified atom stereocenters. The van der Waals surface area contributed by atoms with Gasteiger partial charge in [0.1, 0.15) is 6.04 Å². The van der Waals surface area contributed by atoms with E-state index in [1.807, 2.05) is 0 Å². The molecule has 1 atom stereocenters. The van der Waals surface area contributed by atoms with Gasteiger partial charge in [-0.3, -0.25) is 0 Å². The molecule has 0 aromatic heterocycles. The number of nitrogens with one attached hydrogen (secondary N) is 1. The Morgan fingerprint density at radius 3 is 2.14 bits per heavy atom. The van der Waals surface area contributed by atoms with E-state index >= 15 is 0 Å². The fraction of sp³-hybridized carbons (Fsp3) is 0.0714. The Balaban J connectivity index is 2.22.